The largest absolute Gasteiger partial charge is 0.490 e. The third-order valence-electron chi connectivity index (χ3n) is 4.04. The van der Waals surface area contributed by atoms with Crippen molar-refractivity contribution in [2.24, 2.45) is 0 Å². The Bertz CT molecular complexity index is 982. The first-order valence-corrected chi connectivity index (χ1v) is 10.7. The molecule has 0 saturated carbocycles. The molecule has 0 aliphatic carbocycles. The zero-order valence-corrected chi connectivity index (χ0v) is 18.3. The SMILES string of the molecule is CC(=O)Nc1ccc(S(=O)(=O)N(C)CC(=O)OCCOc2cc(C)cc(C)c2)cc1. The number of carbonyl (C=O) groups is 2. The molecule has 0 fully saturated rings. The van der Waals surface area contributed by atoms with Crippen LogP contribution in [-0.4, -0.2) is 51.4 Å². The van der Waals surface area contributed by atoms with Crippen LogP contribution in [0, 0.1) is 13.8 Å². The van der Waals surface area contributed by atoms with Crippen molar-refractivity contribution in [2.45, 2.75) is 25.7 Å². The van der Waals surface area contributed by atoms with Crippen LogP contribution in [0.4, 0.5) is 5.69 Å². The van der Waals surface area contributed by atoms with Crippen molar-refractivity contribution in [3.8, 4) is 5.75 Å². The van der Waals surface area contributed by atoms with Gasteiger partial charge in [-0.2, -0.15) is 4.31 Å². The molecule has 0 aliphatic heterocycles. The van der Waals surface area contributed by atoms with Gasteiger partial charge in [-0.05, 0) is 61.4 Å². The zero-order valence-electron chi connectivity index (χ0n) is 17.5. The second-order valence-electron chi connectivity index (χ2n) is 6.86. The van der Waals surface area contributed by atoms with Gasteiger partial charge in [-0.15, -0.1) is 0 Å². The van der Waals surface area contributed by atoms with Crippen LogP contribution in [0.15, 0.2) is 47.4 Å². The minimum atomic E-state index is -3.87. The number of nitrogens with one attached hydrogen (secondary N) is 1. The van der Waals surface area contributed by atoms with Crippen molar-refractivity contribution in [1.82, 2.24) is 4.31 Å². The summed E-state index contributed by atoms with van der Waals surface area (Å²) in [6.45, 7) is 5.02. The van der Waals surface area contributed by atoms with E-state index in [0.717, 1.165) is 15.4 Å². The molecular formula is C21H26N2O6S. The van der Waals surface area contributed by atoms with Crippen molar-refractivity contribution in [1.29, 1.82) is 0 Å². The van der Waals surface area contributed by atoms with Crippen molar-refractivity contribution in [3.05, 3.63) is 53.6 Å². The van der Waals surface area contributed by atoms with E-state index < -0.39 is 22.5 Å². The van der Waals surface area contributed by atoms with E-state index in [2.05, 4.69) is 5.32 Å². The number of anilines is 1. The Morgan fingerprint density at radius 2 is 1.60 bits per heavy atom. The molecule has 2 aromatic rings. The molecule has 0 heterocycles. The van der Waals surface area contributed by atoms with Crippen LogP contribution in [0.3, 0.4) is 0 Å². The van der Waals surface area contributed by atoms with E-state index in [9.17, 15) is 18.0 Å². The van der Waals surface area contributed by atoms with E-state index in [1.54, 1.807) is 0 Å². The first-order valence-electron chi connectivity index (χ1n) is 9.28. The monoisotopic (exact) mass is 434 g/mol. The van der Waals surface area contributed by atoms with Crippen LogP contribution in [0.2, 0.25) is 0 Å². The summed E-state index contributed by atoms with van der Waals surface area (Å²) in [7, 11) is -2.58. The molecule has 9 heteroatoms. The van der Waals surface area contributed by atoms with Crippen LogP contribution in [-0.2, 0) is 24.3 Å². The molecule has 0 aliphatic rings. The average Bonchev–Trinajstić information content (AvgIpc) is 2.64. The molecule has 30 heavy (non-hydrogen) atoms. The van der Waals surface area contributed by atoms with Gasteiger partial charge in [-0.3, -0.25) is 9.59 Å². The number of carbonyl (C=O) groups excluding carboxylic acids is 2. The number of aryl methyl sites for hydroxylation is 2. The molecule has 2 rings (SSSR count). The lowest BCUT2D eigenvalue weighted by Gasteiger charge is -2.17. The van der Waals surface area contributed by atoms with E-state index in [-0.39, 0.29) is 24.0 Å². The Labute approximate surface area is 176 Å². The minimum absolute atomic E-state index is 0.00468. The molecule has 1 amide bonds. The van der Waals surface area contributed by atoms with Gasteiger partial charge in [0.25, 0.3) is 0 Å². The fourth-order valence-corrected chi connectivity index (χ4v) is 3.85. The number of esters is 1. The molecule has 0 saturated heterocycles. The lowest BCUT2D eigenvalue weighted by atomic mass is 10.1. The standard InChI is InChI=1S/C21H26N2O6S/c1-15-11-16(2)13-19(12-15)28-9-10-29-21(25)14-23(4)30(26,27)20-7-5-18(6-8-20)22-17(3)24/h5-8,11-13H,9-10,14H2,1-4H3,(H,22,24). The summed E-state index contributed by atoms with van der Waals surface area (Å²) in [6, 6.07) is 11.5. The highest BCUT2D eigenvalue weighted by molar-refractivity contribution is 7.89. The van der Waals surface area contributed by atoms with E-state index in [1.165, 1.54) is 38.2 Å². The van der Waals surface area contributed by atoms with Gasteiger partial charge < -0.3 is 14.8 Å². The highest BCUT2D eigenvalue weighted by atomic mass is 32.2. The Kier molecular flexibility index (Phi) is 7.96. The van der Waals surface area contributed by atoms with E-state index in [0.29, 0.717) is 11.4 Å². The summed E-state index contributed by atoms with van der Waals surface area (Å²) >= 11 is 0. The number of hydrogen-bond acceptors (Lipinski definition) is 6. The molecule has 0 unspecified atom stereocenters. The number of likely N-dealkylation sites (N-methyl/N-ethyl adjacent to an activating group) is 1. The van der Waals surface area contributed by atoms with Crippen molar-refractivity contribution < 1.29 is 27.5 Å². The highest BCUT2D eigenvalue weighted by Gasteiger charge is 2.23. The van der Waals surface area contributed by atoms with Gasteiger partial charge in [-0.1, -0.05) is 6.07 Å². The second kappa shape index (κ2) is 10.2. The number of rotatable bonds is 9. The van der Waals surface area contributed by atoms with Gasteiger partial charge >= 0.3 is 5.97 Å². The maximum absolute atomic E-state index is 12.6. The third-order valence-corrected chi connectivity index (χ3v) is 5.86. The molecule has 162 valence electrons. The molecule has 8 nitrogen and oxygen atoms in total. The molecule has 0 aromatic heterocycles. The lowest BCUT2D eigenvalue weighted by molar-refractivity contribution is -0.144. The smallest absolute Gasteiger partial charge is 0.321 e. The van der Waals surface area contributed by atoms with Crippen LogP contribution in [0.1, 0.15) is 18.1 Å². The summed E-state index contributed by atoms with van der Waals surface area (Å²) in [5, 5.41) is 2.56. The average molecular weight is 435 g/mol. The quantitative estimate of drug-likeness (QED) is 0.481. The van der Waals surface area contributed by atoms with Crippen LogP contribution in [0.25, 0.3) is 0 Å². The topological polar surface area (TPSA) is 102 Å². The van der Waals surface area contributed by atoms with Gasteiger partial charge in [0, 0.05) is 19.7 Å². The maximum Gasteiger partial charge on any atom is 0.321 e. The van der Waals surface area contributed by atoms with Crippen molar-refractivity contribution >= 4 is 27.6 Å². The summed E-state index contributed by atoms with van der Waals surface area (Å²) in [6.07, 6.45) is 0. The lowest BCUT2D eigenvalue weighted by Crippen LogP contribution is -2.33. The number of sulfonamides is 1. The predicted molar refractivity (Wildman–Crippen MR) is 113 cm³/mol. The van der Waals surface area contributed by atoms with Crippen molar-refractivity contribution in [2.75, 3.05) is 32.1 Å². The highest BCUT2D eigenvalue weighted by Crippen LogP contribution is 2.18. The van der Waals surface area contributed by atoms with Gasteiger partial charge in [0.2, 0.25) is 15.9 Å². The minimum Gasteiger partial charge on any atom is -0.490 e. The van der Waals surface area contributed by atoms with Crippen molar-refractivity contribution in [3.63, 3.8) is 0 Å². The van der Waals surface area contributed by atoms with Gasteiger partial charge in [0.05, 0.1) is 4.90 Å². The molecule has 0 atom stereocenters. The number of benzene rings is 2. The summed E-state index contributed by atoms with van der Waals surface area (Å²) in [5.74, 6) is -0.252. The van der Waals surface area contributed by atoms with Gasteiger partial charge in [0.15, 0.2) is 0 Å². The molecule has 0 radical (unpaired) electrons. The first-order chi connectivity index (χ1) is 14.1. The maximum atomic E-state index is 12.6. The number of nitrogens with zero attached hydrogens (tertiary/aromatic N) is 1. The third kappa shape index (κ3) is 6.85. The van der Waals surface area contributed by atoms with E-state index in [4.69, 9.17) is 9.47 Å². The van der Waals surface area contributed by atoms with Crippen LogP contribution in [0.5, 0.6) is 5.75 Å². The Morgan fingerprint density at radius 3 is 2.17 bits per heavy atom. The van der Waals surface area contributed by atoms with Crippen LogP contribution >= 0.6 is 0 Å². The summed E-state index contributed by atoms with van der Waals surface area (Å²) < 4.78 is 36.7. The Morgan fingerprint density at radius 1 is 1.00 bits per heavy atom. The molecule has 0 bridgehead atoms. The van der Waals surface area contributed by atoms with E-state index in [1.807, 2.05) is 32.0 Å². The molecular weight excluding hydrogens is 408 g/mol. The molecule has 1 N–H and O–H groups in total. The normalized spacial score (nSPS) is 11.2. The van der Waals surface area contributed by atoms with Gasteiger partial charge in [-0.25, -0.2) is 8.42 Å². The molecule has 0 spiro atoms. The fraction of sp³-hybridized carbons (Fsp3) is 0.333. The second-order valence-corrected chi connectivity index (χ2v) is 8.90. The zero-order chi connectivity index (χ0) is 22.3. The summed E-state index contributed by atoms with van der Waals surface area (Å²) in [4.78, 5) is 23.0. The van der Waals surface area contributed by atoms with E-state index >= 15 is 0 Å². The Balaban J connectivity index is 1.84. The van der Waals surface area contributed by atoms with Gasteiger partial charge in [0.1, 0.15) is 25.5 Å². The number of ether oxygens (including phenoxy) is 2. The number of amides is 1. The summed E-state index contributed by atoms with van der Waals surface area (Å²) in [5.41, 5.74) is 2.62. The predicted octanol–water partition coefficient (Wildman–Crippen LogP) is 2.50. The Hall–Kier alpha value is -2.91. The fourth-order valence-electron chi connectivity index (χ4n) is 2.74. The molecule has 2 aromatic carbocycles. The van der Waals surface area contributed by atoms with Crippen LogP contribution < -0.4 is 10.1 Å². The number of hydrogen-bond donors (Lipinski definition) is 1. The first kappa shape index (κ1) is 23.4.